The molecule has 6 nitrogen and oxygen atoms in total. The lowest BCUT2D eigenvalue weighted by molar-refractivity contribution is 0.475. The average molecular weight is 376 g/mol. The SMILES string of the molecule is c1cncc(Cn2ccnc2C2CCCN(c3ncnc4ccsc34)C2)c1. The van der Waals surface area contributed by atoms with Crippen molar-refractivity contribution >= 4 is 27.4 Å². The van der Waals surface area contributed by atoms with Crippen molar-refractivity contribution in [3.8, 4) is 0 Å². The molecule has 0 radical (unpaired) electrons. The Balaban J connectivity index is 1.41. The maximum atomic E-state index is 4.70. The minimum absolute atomic E-state index is 0.399. The van der Waals surface area contributed by atoms with Crippen LogP contribution in [0.2, 0.25) is 0 Å². The van der Waals surface area contributed by atoms with E-state index in [0.717, 1.165) is 49.6 Å². The van der Waals surface area contributed by atoms with Crippen molar-refractivity contribution in [2.45, 2.75) is 25.3 Å². The number of anilines is 1. The molecule has 0 spiro atoms. The van der Waals surface area contributed by atoms with Gasteiger partial charge < -0.3 is 9.47 Å². The highest BCUT2D eigenvalue weighted by atomic mass is 32.1. The molecule has 4 aromatic rings. The molecule has 1 aliphatic heterocycles. The van der Waals surface area contributed by atoms with Crippen LogP contribution in [0.5, 0.6) is 0 Å². The summed E-state index contributed by atoms with van der Waals surface area (Å²) in [5, 5.41) is 2.09. The number of rotatable bonds is 4. The van der Waals surface area contributed by atoms with Gasteiger partial charge in [0.25, 0.3) is 0 Å². The fourth-order valence-corrected chi connectivity index (χ4v) is 4.75. The molecule has 0 amide bonds. The number of nitrogens with zero attached hydrogens (tertiary/aromatic N) is 6. The lowest BCUT2D eigenvalue weighted by atomic mass is 9.97. The summed E-state index contributed by atoms with van der Waals surface area (Å²) in [5.74, 6) is 2.61. The highest BCUT2D eigenvalue weighted by molar-refractivity contribution is 7.17. The summed E-state index contributed by atoms with van der Waals surface area (Å²) in [6, 6.07) is 6.15. The van der Waals surface area contributed by atoms with Gasteiger partial charge in [-0.15, -0.1) is 11.3 Å². The van der Waals surface area contributed by atoms with Crippen LogP contribution in [0.15, 0.2) is 54.7 Å². The molecule has 27 heavy (non-hydrogen) atoms. The van der Waals surface area contributed by atoms with Gasteiger partial charge in [0.2, 0.25) is 0 Å². The first-order valence-electron chi connectivity index (χ1n) is 9.21. The van der Waals surface area contributed by atoms with Crippen LogP contribution in [0.25, 0.3) is 10.2 Å². The van der Waals surface area contributed by atoms with E-state index in [2.05, 4.69) is 48.1 Å². The molecule has 136 valence electrons. The average Bonchev–Trinajstić information content (AvgIpc) is 3.38. The number of aromatic nitrogens is 5. The second-order valence-corrected chi connectivity index (χ2v) is 7.81. The largest absolute Gasteiger partial charge is 0.355 e. The van der Waals surface area contributed by atoms with Crippen LogP contribution in [-0.2, 0) is 6.54 Å². The van der Waals surface area contributed by atoms with Gasteiger partial charge in [0, 0.05) is 43.8 Å². The molecule has 1 unspecified atom stereocenters. The number of pyridine rings is 1. The topological polar surface area (TPSA) is 59.7 Å². The van der Waals surface area contributed by atoms with E-state index in [-0.39, 0.29) is 0 Å². The molecule has 1 fully saturated rings. The Kier molecular flexibility index (Phi) is 4.29. The van der Waals surface area contributed by atoms with Gasteiger partial charge in [-0.05, 0) is 35.9 Å². The predicted octanol–water partition coefficient (Wildman–Crippen LogP) is 3.72. The maximum Gasteiger partial charge on any atom is 0.150 e. The minimum atomic E-state index is 0.399. The van der Waals surface area contributed by atoms with E-state index in [1.807, 2.05) is 24.7 Å². The summed E-state index contributed by atoms with van der Waals surface area (Å²) in [5.41, 5.74) is 2.23. The molecule has 5 heterocycles. The zero-order valence-corrected chi connectivity index (χ0v) is 15.7. The molecule has 0 bridgehead atoms. The highest BCUT2D eigenvalue weighted by Gasteiger charge is 2.26. The highest BCUT2D eigenvalue weighted by Crippen LogP contribution is 2.33. The zero-order chi connectivity index (χ0) is 18.1. The Hall–Kier alpha value is -2.80. The Labute approximate surface area is 161 Å². The van der Waals surface area contributed by atoms with Gasteiger partial charge in [-0.1, -0.05) is 6.07 Å². The second-order valence-electron chi connectivity index (χ2n) is 6.89. The Morgan fingerprint density at radius 2 is 2.15 bits per heavy atom. The number of hydrogen-bond acceptors (Lipinski definition) is 6. The summed E-state index contributed by atoms with van der Waals surface area (Å²) in [6.07, 6.45) is 11.7. The third-order valence-corrected chi connectivity index (χ3v) is 6.03. The van der Waals surface area contributed by atoms with Gasteiger partial charge in [-0.3, -0.25) is 4.98 Å². The van der Waals surface area contributed by atoms with E-state index in [1.165, 1.54) is 10.3 Å². The quantitative estimate of drug-likeness (QED) is 0.543. The molecule has 4 aromatic heterocycles. The molecule has 1 aliphatic rings. The molecule has 0 N–H and O–H groups in total. The van der Waals surface area contributed by atoms with Gasteiger partial charge >= 0.3 is 0 Å². The van der Waals surface area contributed by atoms with Crippen LogP contribution in [0.1, 0.15) is 30.1 Å². The predicted molar refractivity (Wildman–Crippen MR) is 107 cm³/mol. The van der Waals surface area contributed by atoms with E-state index >= 15 is 0 Å². The molecule has 7 heteroatoms. The van der Waals surface area contributed by atoms with E-state index in [9.17, 15) is 0 Å². The van der Waals surface area contributed by atoms with Crippen molar-refractivity contribution < 1.29 is 0 Å². The second kappa shape index (κ2) is 7.08. The first-order valence-corrected chi connectivity index (χ1v) is 10.1. The summed E-state index contributed by atoms with van der Waals surface area (Å²) in [4.78, 5) is 20.3. The van der Waals surface area contributed by atoms with Crippen molar-refractivity contribution in [1.82, 2.24) is 24.5 Å². The van der Waals surface area contributed by atoms with Crippen LogP contribution in [0.3, 0.4) is 0 Å². The van der Waals surface area contributed by atoms with E-state index in [4.69, 9.17) is 4.98 Å². The Morgan fingerprint density at radius 3 is 3.07 bits per heavy atom. The lowest BCUT2D eigenvalue weighted by Crippen LogP contribution is -2.36. The molecule has 0 aromatic carbocycles. The first-order chi connectivity index (χ1) is 13.4. The molecule has 0 saturated carbocycles. The van der Waals surface area contributed by atoms with E-state index < -0.39 is 0 Å². The monoisotopic (exact) mass is 376 g/mol. The molecule has 5 rings (SSSR count). The number of hydrogen-bond donors (Lipinski definition) is 0. The number of imidazole rings is 1. The minimum Gasteiger partial charge on any atom is -0.355 e. The third kappa shape index (κ3) is 3.19. The third-order valence-electron chi connectivity index (χ3n) is 5.13. The van der Waals surface area contributed by atoms with E-state index in [1.54, 1.807) is 17.7 Å². The van der Waals surface area contributed by atoms with E-state index in [0.29, 0.717) is 5.92 Å². The standard InChI is InChI=1S/C20H20N6S/c1-3-15(11-21-6-1)12-26-9-7-22-19(26)16-4-2-8-25(13-16)20-18-17(5-10-27-18)23-14-24-20/h1,3,5-7,9-11,14,16H,2,4,8,12-13H2. The number of piperidine rings is 1. The van der Waals surface area contributed by atoms with Crippen LogP contribution >= 0.6 is 11.3 Å². The van der Waals surface area contributed by atoms with Crippen LogP contribution in [-0.4, -0.2) is 37.6 Å². The molecule has 1 atom stereocenters. The Bertz CT molecular complexity index is 1040. The van der Waals surface area contributed by atoms with Crippen LogP contribution in [0.4, 0.5) is 5.82 Å². The fourth-order valence-electron chi connectivity index (χ4n) is 3.88. The van der Waals surface area contributed by atoms with Gasteiger partial charge in [0.15, 0.2) is 0 Å². The molecular weight excluding hydrogens is 356 g/mol. The summed E-state index contributed by atoms with van der Waals surface area (Å²) in [6.45, 7) is 2.78. The van der Waals surface area contributed by atoms with Crippen LogP contribution in [0, 0.1) is 0 Å². The summed E-state index contributed by atoms with van der Waals surface area (Å²) in [7, 11) is 0. The first kappa shape index (κ1) is 16.4. The van der Waals surface area contributed by atoms with Gasteiger partial charge in [0.1, 0.15) is 18.0 Å². The van der Waals surface area contributed by atoms with Crippen molar-refractivity contribution in [1.29, 1.82) is 0 Å². The molecular formula is C20H20N6S. The smallest absolute Gasteiger partial charge is 0.150 e. The Morgan fingerprint density at radius 1 is 1.15 bits per heavy atom. The lowest BCUT2D eigenvalue weighted by Gasteiger charge is -2.33. The van der Waals surface area contributed by atoms with Gasteiger partial charge in [-0.2, -0.15) is 0 Å². The van der Waals surface area contributed by atoms with Crippen molar-refractivity contribution in [3.63, 3.8) is 0 Å². The summed E-state index contributed by atoms with van der Waals surface area (Å²) >= 11 is 1.72. The van der Waals surface area contributed by atoms with Crippen molar-refractivity contribution in [3.05, 3.63) is 66.1 Å². The normalized spacial score (nSPS) is 17.5. The molecule has 0 aliphatic carbocycles. The number of fused-ring (bicyclic) bond motifs is 1. The summed E-state index contributed by atoms with van der Waals surface area (Å²) < 4.78 is 3.43. The van der Waals surface area contributed by atoms with Crippen molar-refractivity contribution in [2.24, 2.45) is 0 Å². The van der Waals surface area contributed by atoms with Crippen molar-refractivity contribution in [2.75, 3.05) is 18.0 Å². The van der Waals surface area contributed by atoms with Gasteiger partial charge in [0.05, 0.1) is 16.8 Å². The maximum absolute atomic E-state index is 4.70. The van der Waals surface area contributed by atoms with Crippen LogP contribution < -0.4 is 4.90 Å². The molecule has 1 saturated heterocycles. The number of thiophene rings is 1. The zero-order valence-electron chi connectivity index (χ0n) is 14.9. The fraction of sp³-hybridized carbons (Fsp3) is 0.300. The van der Waals surface area contributed by atoms with Gasteiger partial charge in [-0.25, -0.2) is 15.0 Å².